The van der Waals surface area contributed by atoms with Gasteiger partial charge in [0.05, 0.1) is 25.0 Å². The summed E-state index contributed by atoms with van der Waals surface area (Å²) in [6, 6.07) is 19.8. The fourth-order valence-corrected chi connectivity index (χ4v) is 2.58. The lowest BCUT2D eigenvalue weighted by atomic mass is 10.0. The maximum Gasteiger partial charge on any atom is 0.151 e. The summed E-state index contributed by atoms with van der Waals surface area (Å²) in [5.41, 5.74) is 2.59. The molecule has 0 saturated carbocycles. The van der Waals surface area contributed by atoms with Crippen LogP contribution in [0.4, 0.5) is 0 Å². The average molecular weight is 324 g/mol. The van der Waals surface area contributed by atoms with E-state index in [4.69, 9.17) is 14.2 Å². The van der Waals surface area contributed by atoms with Gasteiger partial charge in [-0.15, -0.1) is 0 Å². The lowest BCUT2D eigenvalue weighted by molar-refractivity contribution is -0.118. The summed E-state index contributed by atoms with van der Waals surface area (Å²) >= 11 is 0. The highest BCUT2D eigenvalue weighted by Gasteiger charge is 2.31. The molecule has 0 aliphatic carbocycles. The molecule has 0 fully saturated rings. The first kappa shape index (κ1) is 16.4. The van der Waals surface area contributed by atoms with Crippen LogP contribution in [0.15, 0.2) is 72.5 Å². The number of carbonyl (C=O) groups excluding carboxylic acids is 1. The Labute approximate surface area is 141 Å². The third kappa shape index (κ3) is 4.31. The largest absolute Gasteiger partial charge is 0.498 e. The second kappa shape index (κ2) is 8.43. The molecule has 0 bridgehead atoms. The lowest BCUT2D eigenvalue weighted by Crippen LogP contribution is -2.40. The van der Waals surface area contributed by atoms with Crippen molar-refractivity contribution in [2.45, 2.75) is 25.4 Å². The molecule has 0 N–H and O–H groups in total. The Morgan fingerprint density at radius 3 is 2.08 bits per heavy atom. The minimum Gasteiger partial charge on any atom is -0.498 e. The van der Waals surface area contributed by atoms with Crippen LogP contribution in [0.2, 0.25) is 0 Å². The predicted molar refractivity (Wildman–Crippen MR) is 90.1 cm³/mol. The molecule has 4 nitrogen and oxygen atoms in total. The van der Waals surface area contributed by atoms with E-state index >= 15 is 0 Å². The maximum absolute atomic E-state index is 11.3. The Bertz CT molecular complexity index is 667. The molecule has 0 unspecified atom stereocenters. The minimum atomic E-state index is -0.430. The van der Waals surface area contributed by atoms with Crippen molar-refractivity contribution >= 4 is 6.29 Å². The van der Waals surface area contributed by atoms with Crippen molar-refractivity contribution in [2.24, 2.45) is 0 Å². The topological polar surface area (TPSA) is 44.8 Å². The highest BCUT2D eigenvalue weighted by atomic mass is 16.6. The zero-order chi connectivity index (χ0) is 16.6. The molecule has 2 aromatic carbocycles. The number of rotatable bonds is 7. The summed E-state index contributed by atoms with van der Waals surface area (Å²) in [6.07, 6.45) is 1.48. The van der Waals surface area contributed by atoms with Gasteiger partial charge in [-0.3, -0.25) is 4.79 Å². The van der Waals surface area contributed by atoms with Crippen molar-refractivity contribution in [2.75, 3.05) is 6.61 Å². The van der Waals surface area contributed by atoms with Crippen molar-refractivity contribution in [3.63, 3.8) is 0 Å². The van der Waals surface area contributed by atoms with Crippen LogP contribution in [0.1, 0.15) is 11.1 Å². The van der Waals surface area contributed by atoms with Crippen LogP contribution in [-0.2, 0) is 32.2 Å². The average Bonchev–Trinajstić information content (AvgIpc) is 2.66. The minimum absolute atomic E-state index is 0.320. The van der Waals surface area contributed by atoms with Crippen molar-refractivity contribution in [1.82, 2.24) is 0 Å². The van der Waals surface area contributed by atoms with Crippen LogP contribution in [0, 0.1) is 0 Å². The monoisotopic (exact) mass is 324 g/mol. The molecule has 2 atom stereocenters. The van der Waals surface area contributed by atoms with Gasteiger partial charge in [-0.1, -0.05) is 60.7 Å². The Hall–Kier alpha value is -2.43. The molecule has 2 aromatic rings. The molecule has 3 rings (SSSR count). The molecule has 1 aliphatic heterocycles. The van der Waals surface area contributed by atoms with Crippen LogP contribution < -0.4 is 0 Å². The van der Waals surface area contributed by atoms with Crippen molar-refractivity contribution in [1.29, 1.82) is 0 Å². The quantitative estimate of drug-likeness (QED) is 0.733. The van der Waals surface area contributed by atoms with Crippen LogP contribution in [0.25, 0.3) is 0 Å². The van der Waals surface area contributed by atoms with E-state index < -0.39 is 6.10 Å². The Balaban J connectivity index is 1.64. The highest BCUT2D eigenvalue weighted by molar-refractivity contribution is 5.74. The smallest absolute Gasteiger partial charge is 0.151 e. The molecule has 0 saturated heterocycles. The summed E-state index contributed by atoms with van der Waals surface area (Å²) in [5.74, 6) is 0. The highest BCUT2D eigenvalue weighted by Crippen LogP contribution is 2.21. The second-order valence-corrected chi connectivity index (χ2v) is 5.62. The van der Waals surface area contributed by atoms with Crippen LogP contribution in [0.3, 0.4) is 0 Å². The number of hydrogen-bond donors (Lipinski definition) is 0. The fraction of sp³-hybridized carbons (Fsp3) is 0.250. The Kier molecular flexibility index (Phi) is 5.77. The van der Waals surface area contributed by atoms with Crippen molar-refractivity contribution in [3.05, 3.63) is 83.6 Å². The molecular weight excluding hydrogens is 304 g/mol. The van der Waals surface area contributed by atoms with Gasteiger partial charge >= 0.3 is 0 Å². The van der Waals surface area contributed by atoms with E-state index in [0.29, 0.717) is 25.4 Å². The third-order valence-corrected chi connectivity index (χ3v) is 3.86. The number of carbonyl (C=O) groups is 1. The summed E-state index contributed by atoms with van der Waals surface area (Å²) in [5, 5.41) is 0. The van der Waals surface area contributed by atoms with Gasteiger partial charge in [-0.05, 0) is 11.1 Å². The van der Waals surface area contributed by atoms with Gasteiger partial charge in [0.25, 0.3) is 0 Å². The van der Waals surface area contributed by atoms with Gasteiger partial charge in [-0.25, -0.2) is 0 Å². The summed E-state index contributed by atoms with van der Waals surface area (Å²) in [7, 11) is 0. The van der Waals surface area contributed by atoms with E-state index in [1.54, 1.807) is 0 Å². The lowest BCUT2D eigenvalue weighted by Gasteiger charge is -2.30. The first-order valence-electron chi connectivity index (χ1n) is 7.94. The SMILES string of the molecule is O=CC1=COC[C@@H](OCc2ccccc2)[C@@H]1OCc1ccccc1. The Morgan fingerprint density at radius 2 is 1.50 bits per heavy atom. The van der Waals surface area contributed by atoms with Crippen LogP contribution in [-0.4, -0.2) is 25.1 Å². The normalized spacial score (nSPS) is 20.1. The van der Waals surface area contributed by atoms with Gasteiger partial charge in [0.1, 0.15) is 18.8 Å². The molecule has 124 valence electrons. The molecule has 1 aliphatic rings. The van der Waals surface area contributed by atoms with E-state index in [1.165, 1.54) is 6.26 Å². The van der Waals surface area contributed by atoms with Gasteiger partial charge in [-0.2, -0.15) is 0 Å². The summed E-state index contributed by atoms with van der Waals surface area (Å²) in [4.78, 5) is 11.3. The molecule has 4 heteroatoms. The van der Waals surface area contributed by atoms with Crippen LogP contribution in [0.5, 0.6) is 0 Å². The number of hydrogen-bond acceptors (Lipinski definition) is 4. The summed E-state index contributed by atoms with van der Waals surface area (Å²) < 4.78 is 17.3. The molecule has 0 spiro atoms. The van der Waals surface area contributed by atoms with E-state index in [1.807, 2.05) is 60.7 Å². The van der Waals surface area contributed by atoms with Gasteiger partial charge < -0.3 is 14.2 Å². The molecule has 1 heterocycles. The number of benzene rings is 2. The molecule has 0 aromatic heterocycles. The third-order valence-electron chi connectivity index (χ3n) is 3.86. The first-order valence-corrected chi connectivity index (χ1v) is 7.94. The van der Waals surface area contributed by atoms with E-state index in [2.05, 4.69) is 0 Å². The molecule has 0 radical (unpaired) electrons. The zero-order valence-electron chi connectivity index (χ0n) is 13.3. The predicted octanol–water partition coefficient (Wildman–Crippen LogP) is 3.27. The number of ether oxygens (including phenoxy) is 3. The standard InChI is InChI=1S/C20H20O4/c21-11-18-14-22-15-19(23-12-16-7-3-1-4-8-16)20(18)24-13-17-9-5-2-6-10-17/h1-11,14,19-20H,12-13,15H2/t19-,20-/m1/s1. The fourth-order valence-electron chi connectivity index (χ4n) is 2.58. The van der Waals surface area contributed by atoms with Crippen molar-refractivity contribution in [3.8, 4) is 0 Å². The van der Waals surface area contributed by atoms with Gasteiger partial charge in [0, 0.05) is 0 Å². The maximum atomic E-state index is 11.3. The second-order valence-electron chi connectivity index (χ2n) is 5.62. The molecular formula is C20H20O4. The Morgan fingerprint density at radius 1 is 0.917 bits per heavy atom. The van der Waals surface area contributed by atoms with E-state index in [-0.39, 0.29) is 6.10 Å². The molecule has 24 heavy (non-hydrogen) atoms. The van der Waals surface area contributed by atoms with Crippen molar-refractivity contribution < 1.29 is 19.0 Å². The zero-order valence-corrected chi connectivity index (χ0v) is 13.3. The van der Waals surface area contributed by atoms with E-state index in [0.717, 1.165) is 17.4 Å². The van der Waals surface area contributed by atoms with Crippen LogP contribution >= 0.6 is 0 Å². The van der Waals surface area contributed by atoms with Gasteiger partial charge in [0.2, 0.25) is 0 Å². The summed E-state index contributed by atoms with van der Waals surface area (Å²) in [6.45, 7) is 1.23. The first-order chi connectivity index (χ1) is 11.9. The number of aldehydes is 1. The molecule has 0 amide bonds. The van der Waals surface area contributed by atoms with Gasteiger partial charge in [0.15, 0.2) is 6.29 Å². The van der Waals surface area contributed by atoms with E-state index in [9.17, 15) is 4.79 Å².